The minimum Gasteiger partial charge on any atom is -0.198 e. The summed E-state index contributed by atoms with van der Waals surface area (Å²) in [5.74, 6) is 4.30. The Hall–Kier alpha value is -0.160. The van der Waals surface area contributed by atoms with Crippen molar-refractivity contribution in [1.82, 2.24) is 0 Å². The van der Waals surface area contributed by atoms with Crippen molar-refractivity contribution in [3.63, 3.8) is 0 Å². The number of nitriles is 1. The van der Waals surface area contributed by atoms with Crippen molar-refractivity contribution >= 4 is 12.6 Å². The van der Waals surface area contributed by atoms with E-state index in [0.717, 1.165) is 36.3 Å². The number of nitrogens with zero attached hydrogens (tertiary/aromatic N) is 1. The summed E-state index contributed by atoms with van der Waals surface area (Å²) in [6, 6.07) is 2.44. The molecule has 0 heterocycles. The van der Waals surface area contributed by atoms with E-state index in [2.05, 4.69) is 18.7 Å². The second kappa shape index (κ2) is 6.69. The molecular formula is C15H25NS. The minimum absolute atomic E-state index is 0.367. The van der Waals surface area contributed by atoms with E-state index in [0.29, 0.717) is 5.92 Å². The predicted molar refractivity (Wildman–Crippen MR) is 75.0 cm³/mol. The van der Waals surface area contributed by atoms with Gasteiger partial charge in [-0.2, -0.15) is 17.9 Å². The summed E-state index contributed by atoms with van der Waals surface area (Å²) in [6.07, 6.45) is 12.0. The van der Waals surface area contributed by atoms with Crippen LogP contribution in [0.15, 0.2) is 0 Å². The molecule has 17 heavy (non-hydrogen) atoms. The third kappa shape index (κ3) is 3.65. The van der Waals surface area contributed by atoms with Crippen molar-refractivity contribution in [2.24, 2.45) is 23.7 Å². The quantitative estimate of drug-likeness (QED) is 0.736. The topological polar surface area (TPSA) is 23.8 Å². The number of rotatable bonds is 3. The second-order valence-corrected chi connectivity index (χ2v) is 6.48. The molecule has 2 rings (SSSR count). The Morgan fingerprint density at radius 2 is 1.41 bits per heavy atom. The molecule has 0 aromatic rings. The van der Waals surface area contributed by atoms with Gasteiger partial charge in [0.2, 0.25) is 0 Å². The maximum Gasteiger partial charge on any atom is 0.0655 e. The normalized spacial score (nSPS) is 38.6. The van der Waals surface area contributed by atoms with Gasteiger partial charge in [-0.3, -0.25) is 0 Å². The number of hydrogen-bond donors (Lipinski definition) is 1. The average molecular weight is 251 g/mol. The maximum absolute atomic E-state index is 8.92. The van der Waals surface area contributed by atoms with E-state index in [1.165, 1.54) is 44.9 Å². The molecule has 0 atom stereocenters. The van der Waals surface area contributed by atoms with E-state index in [4.69, 9.17) is 5.26 Å². The fourth-order valence-corrected chi connectivity index (χ4v) is 4.22. The van der Waals surface area contributed by atoms with Crippen LogP contribution in [0.1, 0.15) is 57.8 Å². The Morgan fingerprint density at radius 3 is 1.88 bits per heavy atom. The zero-order valence-corrected chi connectivity index (χ0v) is 11.7. The van der Waals surface area contributed by atoms with Crippen molar-refractivity contribution in [2.45, 2.75) is 57.8 Å². The number of hydrogen-bond acceptors (Lipinski definition) is 2. The SMILES string of the molecule is N#CC1CCC(C2CCC(CCS)CC2)CC1. The first kappa shape index (κ1) is 13.3. The highest BCUT2D eigenvalue weighted by Crippen LogP contribution is 2.41. The Labute approximate surface area is 111 Å². The first-order valence-corrected chi connectivity index (χ1v) is 7.97. The van der Waals surface area contributed by atoms with Gasteiger partial charge in [0.25, 0.3) is 0 Å². The monoisotopic (exact) mass is 251 g/mol. The van der Waals surface area contributed by atoms with Crippen molar-refractivity contribution in [3.8, 4) is 6.07 Å². The van der Waals surface area contributed by atoms with E-state index in [1.807, 2.05) is 0 Å². The van der Waals surface area contributed by atoms with Crippen LogP contribution in [0.4, 0.5) is 0 Å². The van der Waals surface area contributed by atoms with Crippen molar-refractivity contribution in [1.29, 1.82) is 5.26 Å². The largest absolute Gasteiger partial charge is 0.198 e. The summed E-state index contributed by atoms with van der Waals surface area (Å²) < 4.78 is 0. The van der Waals surface area contributed by atoms with Gasteiger partial charge in [0.05, 0.1) is 6.07 Å². The summed E-state index contributed by atoms with van der Waals surface area (Å²) in [5.41, 5.74) is 0. The predicted octanol–water partition coefficient (Wildman–Crippen LogP) is 4.44. The van der Waals surface area contributed by atoms with Crippen molar-refractivity contribution in [3.05, 3.63) is 0 Å². The summed E-state index contributed by atoms with van der Waals surface area (Å²) in [4.78, 5) is 0. The first-order chi connectivity index (χ1) is 8.33. The van der Waals surface area contributed by atoms with Gasteiger partial charge in [0.15, 0.2) is 0 Å². The lowest BCUT2D eigenvalue weighted by Gasteiger charge is -2.36. The van der Waals surface area contributed by atoms with E-state index >= 15 is 0 Å². The fraction of sp³-hybridized carbons (Fsp3) is 0.933. The lowest BCUT2D eigenvalue weighted by atomic mass is 9.69. The van der Waals surface area contributed by atoms with Gasteiger partial charge in [-0.15, -0.1) is 0 Å². The van der Waals surface area contributed by atoms with E-state index in [-0.39, 0.29) is 0 Å². The Bertz CT molecular complexity index is 255. The van der Waals surface area contributed by atoms with E-state index in [9.17, 15) is 0 Å². The third-order valence-electron chi connectivity index (χ3n) is 5.05. The van der Waals surface area contributed by atoms with Crippen LogP contribution in [-0.4, -0.2) is 5.75 Å². The van der Waals surface area contributed by atoms with Gasteiger partial charge < -0.3 is 0 Å². The van der Waals surface area contributed by atoms with E-state index in [1.54, 1.807) is 0 Å². The lowest BCUT2D eigenvalue weighted by Crippen LogP contribution is -2.25. The molecule has 0 amide bonds. The van der Waals surface area contributed by atoms with E-state index < -0.39 is 0 Å². The molecule has 0 radical (unpaired) electrons. The van der Waals surface area contributed by atoms with Gasteiger partial charge in [0, 0.05) is 5.92 Å². The second-order valence-electron chi connectivity index (χ2n) is 6.03. The molecule has 0 bridgehead atoms. The van der Waals surface area contributed by atoms with Crippen LogP contribution in [0.2, 0.25) is 0 Å². The standard InChI is InChI=1S/C15H25NS/c16-11-13-3-7-15(8-4-13)14-5-1-12(2-6-14)9-10-17/h12-15,17H,1-10H2. The molecule has 0 aromatic carbocycles. The molecule has 2 saturated carbocycles. The summed E-state index contributed by atoms with van der Waals surface area (Å²) >= 11 is 4.34. The highest BCUT2D eigenvalue weighted by Gasteiger charge is 2.30. The van der Waals surface area contributed by atoms with Crippen LogP contribution in [0.3, 0.4) is 0 Å². The van der Waals surface area contributed by atoms with Crippen LogP contribution in [0.5, 0.6) is 0 Å². The highest BCUT2D eigenvalue weighted by molar-refractivity contribution is 7.80. The molecule has 0 saturated heterocycles. The van der Waals surface area contributed by atoms with Gasteiger partial charge in [-0.05, 0) is 68.5 Å². The van der Waals surface area contributed by atoms with Gasteiger partial charge in [-0.1, -0.05) is 12.8 Å². The minimum atomic E-state index is 0.367. The zero-order chi connectivity index (χ0) is 12.1. The third-order valence-corrected chi connectivity index (χ3v) is 5.31. The molecular weight excluding hydrogens is 226 g/mol. The molecule has 2 aliphatic carbocycles. The van der Waals surface area contributed by atoms with Gasteiger partial charge >= 0.3 is 0 Å². The molecule has 0 spiro atoms. The maximum atomic E-state index is 8.92. The van der Waals surface area contributed by atoms with Crippen LogP contribution in [0.25, 0.3) is 0 Å². The molecule has 2 fully saturated rings. The van der Waals surface area contributed by atoms with Gasteiger partial charge in [-0.25, -0.2) is 0 Å². The average Bonchev–Trinajstić information content (AvgIpc) is 2.40. The summed E-state index contributed by atoms with van der Waals surface area (Å²) in [6.45, 7) is 0. The van der Waals surface area contributed by atoms with Crippen LogP contribution >= 0.6 is 12.6 Å². The molecule has 2 heteroatoms. The van der Waals surface area contributed by atoms with Gasteiger partial charge in [0.1, 0.15) is 0 Å². The number of thiol groups is 1. The molecule has 0 aromatic heterocycles. The zero-order valence-electron chi connectivity index (χ0n) is 10.8. The van der Waals surface area contributed by atoms with Crippen molar-refractivity contribution < 1.29 is 0 Å². The molecule has 96 valence electrons. The summed E-state index contributed by atoms with van der Waals surface area (Å²) in [7, 11) is 0. The molecule has 2 aliphatic rings. The Balaban J connectivity index is 1.72. The molecule has 0 N–H and O–H groups in total. The molecule has 0 unspecified atom stereocenters. The summed E-state index contributed by atoms with van der Waals surface area (Å²) in [5, 5.41) is 8.92. The highest BCUT2D eigenvalue weighted by atomic mass is 32.1. The molecule has 0 aliphatic heterocycles. The molecule has 1 nitrogen and oxygen atoms in total. The lowest BCUT2D eigenvalue weighted by molar-refractivity contribution is 0.156. The van der Waals surface area contributed by atoms with Crippen LogP contribution in [-0.2, 0) is 0 Å². The fourth-order valence-electron chi connectivity index (χ4n) is 3.85. The Kier molecular flexibility index (Phi) is 5.22. The Morgan fingerprint density at radius 1 is 0.882 bits per heavy atom. The first-order valence-electron chi connectivity index (χ1n) is 7.34. The van der Waals surface area contributed by atoms with Crippen molar-refractivity contribution in [2.75, 3.05) is 5.75 Å². The van der Waals surface area contributed by atoms with Crippen LogP contribution < -0.4 is 0 Å². The smallest absolute Gasteiger partial charge is 0.0655 e. The van der Waals surface area contributed by atoms with Crippen LogP contribution in [0, 0.1) is 35.0 Å².